The van der Waals surface area contributed by atoms with Gasteiger partial charge in [-0.05, 0) is 35.9 Å². The second kappa shape index (κ2) is 4.09. The predicted octanol–water partition coefficient (Wildman–Crippen LogP) is 2.28. The molecule has 0 aliphatic carbocycles. The van der Waals surface area contributed by atoms with E-state index in [4.69, 9.17) is 0 Å². The van der Waals surface area contributed by atoms with Crippen molar-refractivity contribution in [2.24, 2.45) is 0 Å². The smallest absolute Gasteiger partial charge is 0.0303 e. The molecule has 0 spiro atoms. The molecule has 1 N–H and O–H groups in total. The maximum atomic E-state index is 4.32. The molecule has 2 heterocycles. The van der Waals surface area contributed by atoms with Gasteiger partial charge in [-0.2, -0.15) is 0 Å². The van der Waals surface area contributed by atoms with Gasteiger partial charge < -0.3 is 5.32 Å². The Labute approximate surface area is 85.7 Å². The van der Waals surface area contributed by atoms with Crippen molar-refractivity contribution < 1.29 is 0 Å². The Morgan fingerprint density at radius 3 is 2.93 bits per heavy atom. The third kappa shape index (κ3) is 1.95. The van der Waals surface area contributed by atoms with E-state index in [1.165, 1.54) is 17.5 Å². The van der Waals surface area contributed by atoms with E-state index in [1.54, 1.807) is 0 Å². The van der Waals surface area contributed by atoms with Crippen molar-refractivity contribution in [2.75, 3.05) is 13.1 Å². The van der Waals surface area contributed by atoms with Crippen LogP contribution in [0.1, 0.15) is 43.2 Å². The summed E-state index contributed by atoms with van der Waals surface area (Å²) in [4.78, 5) is 4.32. The van der Waals surface area contributed by atoms with Crippen LogP contribution in [-0.2, 0) is 0 Å². The highest BCUT2D eigenvalue weighted by atomic mass is 14.9. The highest BCUT2D eigenvalue weighted by Crippen LogP contribution is 2.24. The molecule has 76 valence electrons. The third-order valence-corrected chi connectivity index (χ3v) is 2.98. The monoisotopic (exact) mass is 190 g/mol. The summed E-state index contributed by atoms with van der Waals surface area (Å²) in [7, 11) is 0. The van der Waals surface area contributed by atoms with Crippen LogP contribution in [0.15, 0.2) is 18.5 Å². The zero-order chi connectivity index (χ0) is 9.97. The fourth-order valence-electron chi connectivity index (χ4n) is 1.95. The molecule has 1 atom stereocenters. The molecule has 1 aromatic heterocycles. The standard InChI is InChI=1S/C12H18N2/c1-9(2)11-5-12(8-14-7-11)10-3-4-13-6-10/h5,7-10,13H,3-4,6H2,1-2H3. The lowest BCUT2D eigenvalue weighted by molar-refractivity contribution is 0.750. The molecule has 14 heavy (non-hydrogen) atoms. The van der Waals surface area contributed by atoms with Crippen LogP contribution in [0.3, 0.4) is 0 Å². The van der Waals surface area contributed by atoms with Crippen molar-refractivity contribution in [3.05, 3.63) is 29.6 Å². The summed E-state index contributed by atoms with van der Waals surface area (Å²) in [5, 5.41) is 3.39. The van der Waals surface area contributed by atoms with E-state index in [0.29, 0.717) is 11.8 Å². The van der Waals surface area contributed by atoms with Crippen LogP contribution < -0.4 is 5.32 Å². The molecule has 0 amide bonds. The van der Waals surface area contributed by atoms with Gasteiger partial charge in [-0.15, -0.1) is 0 Å². The number of aromatic nitrogens is 1. The first-order valence-electron chi connectivity index (χ1n) is 5.43. The normalized spacial score (nSPS) is 21.8. The van der Waals surface area contributed by atoms with Gasteiger partial charge in [0.05, 0.1) is 0 Å². The van der Waals surface area contributed by atoms with Gasteiger partial charge in [0.15, 0.2) is 0 Å². The van der Waals surface area contributed by atoms with Gasteiger partial charge in [-0.3, -0.25) is 4.98 Å². The molecule has 2 heteroatoms. The Bertz CT molecular complexity index is 301. The number of nitrogens with one attached hydrogen (secondary N) is 1. The van der Waals surface area contributed by atoms with Crippen LogP contribution in [-0.4, -0.2) is 18.1 Å². The lowest BCUT2D eigenvalue weighted by Crippen LogP contribution is -2.08. The Morgan fingerprint density at radius 1 is 1.43 bits per heavy atom. The quantitative estimate of drug-likeness (QED) is 0.774. The SMILES string of the molecule is CC(C)c1cncc(C2CCNC2)c1. The van der Waals surface area contributed by atoms with E-state index in [-0.39, 0.29) is 0 Å². The zero-order valence-corrected chi connectivity index (χ0v) is 8.96. The van der Waals surface area contributed by atoms with E-state index in [0.717, 1.165) is 13.1 Å². The number of nitrogens with zero attached hydrogens (tertiary/aromatic N) is 1. The molecule has 2 rings (SSSR count). The van der Waals surface area contributed by atoms with Crippen LogP contribution in [0.2, 0.25) is 0 Å². The summed E-state index contributed by atoms with van der Waals surface area (Å²) >= 11 is 0. The Kier molecular flexibility index (Phi) is 2.82. The first-order chi connectivity index (χ1) is 6.77. The van der Waals surface area contributed by atoms with Gasteiger partial charge in [0.2, 0.25) is 0 Å². The van der Waals surface area contributed by atoms with Crippen LogP contribution in [0, 0.1) is 0 Å². The van der Waals surface area contributed by atoms with Crippen molar-refractivity contribution in [3.8, 4) is 0 Å². The maximum Gasteiger partial charge on any atom is 0.0303 e. The van der Waals surface area contributed by atoms with Crippen LogP contribution in [0.4, 0.5) is 0 Å². The lowest BCUT2D eigenvalue weighted by atomic mass is 9.96. The van der Waals surface area contributed by atoms with Gasteiger partial charge >= 0.3 is 0 Å². The molecular formula is C12H18N2. The van der Waals surface area contributed by atoms with E-state index in [2.05, 4.69) is 30.2 Å². The Morgan fingerprint density at radius 2 is 2.29 bits per heavy atom. The molecule has 1 fully saturated rings. The molecule has 0 saturated carbocycles. The first-order valence-corrected chi connectivity index (χ1v) is 5.43. The average molecular weight is 190 g/mol. The summed E-state index contributed by atoms with van der Waals surface area (Å²) in [6.45, 7) is 6.70. The first kappa shape index (κ1) is 9.66. The fraction of sp³-hybridized carbons (Fsp3) is 0.583. The second-order valence-electron chi connectivity index (χ2n) is 4.40. The average Bonchev–Trinajstić information content (AvgIpc) is 2.71. The van der Waals surface area contributed by atoms with E-state index in [9.17, 15) is 0 Å². The highest BCUT2D eigenvalue weighted by Gasteiger charge is 2.17. The Hall–Kier alpha value is -0.890. The van der Waals surface area contributed by atoms with E-state index < -0.39 is 0 Å². The topological polar surface area (TPSA) is 24.9 Å². The van der Waals surface area contributed by atoms with E-state index in [1.807, 2.05) is 12.4 Å². The van der Waals surface area contributed by atoms with Crippen LogP contribution >= 0.6 is 0 Å². The minimum Gasteiger partial charge on any atom is -0.316 e. The summed E-state index contributed by atoms with van der Waals surface area (Å²) in [6.07, 6.45) is 5.25. The highest BCUT2D eigenvalue weighted by molar-refractivity contribution is 5.24. The molecule has 1 aliphatic rings. The van der Waals surface area contributed by atoms with Gasteiger partial charge in [0, 0.05) is 18.9 Å². The van der Waals surface area contributed by atoms with E-state index >= 15 is 0 Å². The number of pyridine rings is 1. The summed E-state index contributed by atoms with van der Waals surface area (Å²) in [5.74, 6) is 1.26. The zero-order valence-electron chi connectivity index (χ0n) is 8.96. The predicted molar refractivity (Wildman–Crippen MR) is 58.6 cm³/mol. The van der Waals surface area contributed by atoms with Crippen LogP contribution in [0.25, 0.3) is 0 Å². The molecule has 1 aliphatic heterocycles. The van der Waals surface area contributed by atoms with Crippen molar-refractivity contribution in [2.45, 2.75) is 32.1 Å². The minimum absolute atomic E-state index is 0.580. The Balaban J connectivity index is 2.21. The van der Waals surface area contributed by atoms with Crippen molar-refractivity contribution >= 4 is 0 Å². The number of hydrogen-bond donors (Lipinski definition) is 1. The van der Waals surface area contributed by atoms with Crippen molar-refractivity contribution in [1.82, 2.24) is 10.3 Å². The minimum atomic E-state index is 0.580. The fourth-order valence-corrected chi connectivity index (χ4v) is 1.95. The molecular weight excluding hydrogens is 172 g/mol. The lowest BCUT2D eigenvalue weighted by Gasteiger charge is -2.11. The van der Waals surface area contributed by atoms with Gasteiger partial charge in [-0.1, -0.05) is 19.9 Å². The second-order valence-corrected chi connectivity index (χ2v) is 4.40. The molecule has 1 unspecified atom stereocenters. The molecule has 1 aromatic rings. The summed E-state index contributed by atoms with van der Waals surface area (Å²) in [5.41, 5.74) is 2.76. The van der Waals surface area contributed by atoms with Crippen molar-refractivity contribution in [1.29, 1.82) is 0 Å². The summed E-state index contributed by atoms with van der Waals surface area (Å²) in [6, 6.07) is 2.31. The maximum absolute atomic E-state index is 4.32. The van der Waals surface area contributed by atoms with Crippen molar-refractivity contribution in [3.63, 3.8) is 0 Å². The third-order valence-electron chi connectivity index (χ3n) is 2.98. The van der Waals surface area contributed by atoms with Gasteiger partial charge in [-0.25, -0.2) is 0 Å². The molecule has 0 radical (unpaired) electrons. The molecule has 0 bridgehead atoms. The number of hydrogen-bond acceptors (Lipinski definition) is 2. The van der Waals surface area contributed by atoms with Crippen LogP contribution in [0.5, 0.6) is 0 Å². The number of rotatable bonds is 2. The summed E-state index contributed by atoms with van der Waals surface area (Å²) < 4.78 is 0. The molecule has 2 nitrogen and oxygen atoms in total. The molecule has 1 saturated heterocycles. The van der Waals surface area contributed by atoms with Gasteiger partial charge in [0.25, 0.3) is 0 Å². The van der Waals surface area contributed by atoms with Gasteiger partial charge in [0.1, 0.15) is 0 Å². The molecule has 0 aromatic carbocycles. The largest absolute Gasteiger partial charge is 0.316 e.